The molecule has 1 rings (SSSR count). The molecule has 0 saturated heterocycles. The van der Waals surface area contributed by atoms with Gasteiger partial charge in [-0.1, -0.05) is 0 Å². The van der Waals surface area contributed by atoms with E-state index in [-0.39, 0.29) is 17.2 Å². The van der Waals surface area contributed by atoms with Gasteiger partial charge in [-0.3, -0.25) is 0 Å². The lowest BCUT2D eigenvalue weighted by Gasteiger charge is -2.08. The predicted octanol–water partition coefficient (Wildman–Crippen LogP) is 1.01. The highest BCUT2D eigenvalue weighted by molar-refractivity contribution is 7.87. The highest BCUT2D eigenvalue weighted by atomic mass is 32.2. The van der Waals surface area contributed by atoms with Gasteiger partial charge in [-0.05, 0) is 19.1 Å². The van der Waals surface area contributed by atoms with Crippen LogP contribution in [0.25, 0.3) is 0 Å². The number of nitrogens with two attached hydrogens (primary N) is 1. The van der Waals surface area contributed by atoms with Gasteiger partial charge in [-0.25, -0.2) is 0 Å². The molecule has 0 aliphatic rings. The Bertz CT molecular complexity index is 441. The van der Waals surface area contributed by atoms with E-state index in [4.69, 9.17) is 14.7 Å². The maximum absolute atomic E-state index is 11.2. The highest BCUT2D eigenvalue weighted by Crippen LogP contribution is 2.27. The minimum absolute atomic E-state index is 0.0987. The normalized spacial score (nSPS) is 11.1. The van der Waals surface area contributed by atoms with Gasteiger partial charge >= 0.3 is 10.1 Å². The fourth-order valence-electron chi connectivity index (χ4n) is 0.925. The molecule has 0 amide bonds. The topological polar surface area (TPSA) is 78.6 Å². The van der Waals surface area contributed by atoms with E-state index in [0.29, 0.717) is 5.75 Å². The summed E-state index contributed by atoms with van der Waals surface area (Å²) in [6.07, 6.45) is 0. The molecule has 0 spiro atoms. The van der Waals surface area contributed by atoms with Gasteiger partial charge in [-0.15, -0.1) is 0 Å². The first-order chi connectivity index (χ1) is 6.98. The molecule has 0 aliphatic heterocycles. The van der Waals surface area contributed by atoms with E-state index in [9.17, 15) is 8.42 Å². The summed E-state index contributed by atoms with van der Waals surface area (Å²) in [5.74, 6) is 0.574. The van der Waals surface area contributed by atoms with Gasteiger partial charge in [0.05, 0.1) is 18.6 Å². The van der Waals surface area contributed by atoms with Gasteiger partial charge in [0.1, 0.15) is 5.75 Å². The second kappa shape index (κ2) is 4.39. The molecule has 5 nitrogen and oxygen atoms in total. The minimum Gasteiger partial charge on any atom is -0.497 e. The monoisotopic (exact) mass is 231 g/mol. The molecule has 84 valence electrons. The van der Waals surface area contributed by atoms with Crippen molar-refractivity contribution in [2.75, 3.05) is 18.6 Å². The van der Waals surface area contributed by atoms with E-state index in [0.717, 1.165) is 0 Å². The first-order valence-corrected chi connectivity index (χ1v) is 5.92. The van der Waals surface area contributed by atoms with E-state index in [2.05, 4.69) is 0 Å². The number of anilines is 1. The SMILES string of the molecule is CCS(=O)(=O)Oc1ccc(OC)cc1N. The van der Waals surface area contributed by atoms with E-state index in [1.807, 2.05) is 0 Å². The molecular formula is C9H13NO4S. The molecule has 0 heterocycles. The number of rotatable bonds is 4. The zero-order valence-electron chi connectivity index (χ0n) is 8.56. The molecular weight excluding hydrogens is 218 g/mol. The predicted molar refractivity (Wildman–Crippen MR) is 57.5 cm³/mol. The fraction of sp³-hybridized carbons (Fsp3) is 0.333. The minimum atomic E-state index is -3.54. The van der Waals surface area contributed by atoms with Gasteiger partial charge < -0.3 is 14.7 Å². The molecule has 15 heavy (non-hydrogen) atoms. The van der Waals surface area contributed by atoms with E-state index in [1.165, 1.54) is 26.2 Å². The molecule has 0 radical (unpaired) electrons. The Morgan fingerprint density at radius 1 is 1.40 bits per heavy atom. The molecule has 0 unspecified atom stereocenters. The number of hydrogen-bond donors (Lipinski definition) is 1. The van der Waals surface area contributed by atoms with Crippen molar-refractivity contribution in [3.63, 3.8) is 0 Å². The van der Waals surface area contributed by atoms with Crippen LogP contribution in [0.1, 0.15) is 6.92 Å². The van der Waals surface area contributed by atoms with Crippen molar-refractivity contribution in [1.82, 2.24) is 0 Å². The second-order valence-electron chi connectivity index (χ2n) is 2.83. The number of methoxy groups -OCH3 is 1. The lowest BCUT2D eigenvalue weighted by Crippen LogP contribution is -2.12. The maximum atomic E-state index is 11.2. The summed E-state index contributed by atoms with van der Waals surface area (Å²) in [4.78, 5) is 0. The Morgan fingerprint density at radius 2 is 2.07 bits per heavy atom. The average molecular weight is 231 g/mol. The van der Waals surface area contributed by atoms with E-state index < -0.39 is 10.1 Å². The second-order valence-corrected chi connectivity index (χ2v) is 4.69. The molecule has 0 fully saturated rings. The standard InChI is InChI=1S/C9H13NO4S/c1-3-15(11,12)14-9-5-4-7(13-2)6-8(9)10/h4-6H,3,10H2,1-2H3. The van der Waals surface area contributed by atoms with Crippen LogP contribution in [0.4, 0.5) is 5.69 Å². The molecule has 0 aliphatic carbocycles. The third kappa shape index (κ3) is 3.02. The molecule has 0 bridgehead atoms. The zero-order valence-corrected chi connectivity index (χ0v) is 9.37. The van der Waals surface area contributed by atoms with Gasteiger partial charge in [0.15, 0.2) is 5.75 Å². The number of nitrogen functional groups attached to an aromatic ring is 1. The van der Waals surface area contributed by atoms with Crippen LogP contribution in [0.3, 0.4) is 0 Å². The van der Waals surface area contributed by atoms with E-state index in [1.54, 1.807) is 6.07 Å². The molecule has 1 aromatic carbocycles. The smallest absolute Gasteiger partial charge is 0.308 e. The fourth-order valence-corrected chi connectivity index (χ4v) is 1.47. The summed E-state index contributed by atoms with van der Waals surface area (Å²) in [6.45, 7) is 1.50. The van der Waals surface area contributed by atoms with Crippen molar-refractivity contribution in [2.24, 2.45) is 0 Å². The molecule has 0 atom stereocenters. The first-order valence-electron chi connectivity index (χ1n) is 4.34. The summed E-state index contributed by atoms with van der Waals surface area (Å²) >= 11 is 0. The van der Waals surface area contributed by atoms with Crippen molar-refractivity contribution < 1.29 is 17.3 Å². The van der Waals surface area contributed by atoms with Crippen LogP contribution in [0.15, 0.2) is 18.2 Å². The lowest BCUT2D eigenvalue weighted by molar-refractivity contribution is 0.414. The van der Waals surface area contributed by atoms with Gasteiger partial charge in [0.25, 0.3) is 0 Å². The van der Waals surface area contributed by atoms with E-state index >= 15 is 0 Å². The number of hydrogen-bond acceptors (Lipinski definition) is 5. The van der Waals surface area contributed by atoms with Gasteiger partial charge in [0.2, 0.25) is 0 Å². The third-order valence-corrected chi connectivity index (χ3v) is 2.93. The van der Waals surface area contributed by atoms with Crippen LogP contribution in [-0.4, -0.2) is 21.3 Å². The molecule has 0 saturated carbocycles. The van der Waals surface area contributed by atoms with Crippen molar-refractivity contribution in [1.29, 1.82) is 0 Å². The average Bonchev–Trinajstić information content (AvgIpc) is 2.21. The highest BCUT2D eigenvalue weighted by Gasteiger charge is 2.11. The van der Waals surface area contributed by atoms with Crippen LogP contribution >= 0.6 is 0 Å². The molecule has 2 N–H and O–H groups in total. The van der Waals surface area contributed by atoms with Crippen LogP contribution in [0, 0.1) is 0 Å². The van der Waals surface area contributed by atoms with Crippen molar-refractivity contribution in [3.05, 3.63) is 18.2 Å². The van der Waals surface area contributed by atoms with Crippen molar-refractivity contribution in [2.45, 2.75) is 6.92 Å². The van der Waals surface area contributed by atoms with Crippen LogP contribution < -0.4 is 14.7 Å². The number of benzene rings is 1. The summed E-state index contributed by atoms with van der Waals surface area (Å²) in [5, 5.41) is 0. The summed E-state index contributed by atoms with van der Waals surface area (Å²) in [6, 6.07) is 4.54. The Morgan fingerprint density at radius 3 is 2.53 bits per heavy atom. The summed E-state index contributed by atoms with van der Waals surface area (Å²) in [5.41, 5.74) is 5.82. The molecule has 0 aromatic heterocycles. The Balaban J connectivity index is 2.97. The summed E-state index contributed by atoms with van der Waals surface area (Å²) < 4.78 is 32.0. The van der Waals surface area contributed by atoms with Crippen molar-refractivity contribution in [3.8, 4) is 11.5 Å². The Labute approximate surface area is 88.9 Å². The van der Waals surface area contributed by atoms with Crippen LogP contribution in [0.5, 0.6) is 11.5 Å². The van der Waals surface area contributed by atoms with Gasteiger partial charge in [0, 0.05) is 6.07 Å². The van der Waals surface area contributed by atoms with Crippen LogP contribution in [0.2, 0.25) is 0 Å². The number of ether oxygens (including phenoxy) is 1. The Kier molecular flexibility index (Phi) is 3.41. The zero-order chi connectivity index (χ0) is 11.5. The van der Waals surface area contributed by atoms with Crippen molar-refractivity contribution >= 4 is 15.8 Å². The quantitative estimate of drug-likeness (QED) is 0.618. The van der Waals surface area contributed by atoms with Gasteiger partial charge in [-0.2, -0.15) is 8.42 Å². The van der Waals surface area contributed by atoms with Crippen LogP contribution in [-0.2, 0) is 10.1 Å². The first kappa shape index (κ1) is 11.6. The third-order valence-electron chi connectivity index (χ3n) is 1.79. The largest absolute Gasteiger partial charge is 0.497 e. The Hall–Kier alpha value is -1.43. The lowest BCUT2D eigenvalue weighted by atomic mass is 10.3. The maximum Gasteiger partial charge on any atom is 0.308 e. The molecule has 6 heteroatoms. The summed E-state index contributed by atoms with van der Waals surface area (Å²) in [7, 11) is -2.04. The molecule has 1 aromatic rings.